The molecule has 0 spiro atoms. The molecule has 0 radical (unpaired) electrons. The molecule has 0 aromatic carbocycles. The van der Waals surface area contributed by atoms with Gasteiger partial charge in [-0.05, 0) is 6.07 Å². The van der Waals surface area contributed by atoms with Crippen molar-refractivity contribution < 1.29 is 19.1 Å². The summed E-state index contributed by atoms with van der Waals surface area (Å²) in [6, 6.07) is 2.51. The van der Waals surface area contributed by atoms with Crippen LogP contribution in [0.25, 0.3) is 0 Å². The molecular weight excluding hydrogens is 388 g/mol. The van der Waals surface area contributed by atoms with Crippen LogP contribution in [0.15, 0.2) is 22.3 Å². The van der Waals surface area contributed by atoms with Crippen molar-refractivity contribution in [2.24, 2.45) is 0 Å². The lowest BCUT2D eigenvalue weighted by atomic mass is 10.4. The Balaban J connectivity index is 1.57. The van der Waals surface area contributed by atoms with Crippen LogP contribution in [-0.4, -0.2) is 66.6 Å². The van der Waals surface area contributed by atoms with Crippen molar-refractivity contribution in [1.29, 1.82) is 0 Å². The van der Waals surface area contributed by atoms with Gasteiger partial charge < -0.3 is 14.4 Å². The highest BCUT2D eigenvalue weighted by Gasteiger charge is 2.18. The zero-order valence-corrected chi connectivity index (χ0v) is 16.0. The summed E-state index contributed by atoms with van der Waals surface area (Å²) in [4.78, 5) is 42.5. The number of hydrogen-bond donors (Lipinski definition) is 2. The van der Waals surface area contributed by atoms with Gasteiger partial charge in [0.1, 0.15) is 5.69 Å². The Labute approximate surface area is 164 Å². The molecule has 0 atom stereocenters. The van der Waals surface area contributed by atoms with Crippen molar-refractivity contribution >= 4 is 28.3 Å². The molecule has 1 aliphatic heterocycles. The SMILES string of the molecule is COCCn1nc(C(=O)NNC(=O)c2csc(N3CCOCC3)n2)ccc1=O. The molecule has 0 unspecified atom stereocenters. The van der Waals surface area contributed by atoms with Crippen LogP contribution < -0.4 is 21.3 Å². The van der Waals surface area contributed by atoms with E-state index in [4.69, 9.17) is 9.47 Å². The molecule has 28 heavy (non-hydrogen) atoms. The van der Waals surface area contributed by atoms with Crippen molar-refractivity contribution in [2.75, 3.05) is 44.9 Å². The van der Waals surface area contributed by atoms with E-state index in [1.807, 2.05) is 4.90 Å². The molecule has 2 amide bonds. The van der Waals surface area contributed by atoms with Crippen LogP contribution in [0, 0.1) is 0 Å². The van der Waals surface area contributed by atoms with Crippen LogP contribution in [-0.2, 0) is 16.0 Å². The monoisotopic (exact) mass is 408 g/mol. The minimum atomic E-state index is -0.650. The maximum atomic E-state index is 12.2. The van der Waals surface area contributed by atoms with E-state index in [9.17, 15) is 14.4 Å². The largest absolute Gasteiger partial charge is 0.383 e. The Morgan fingerprint density at radius 2 is 1.93 bits per heavy atom. The van der Waals surface area contributed by atoms with E-state index in [2.05, 4.69) is 20.9 Å². The number of methoxy groups -OCH3 is 1. The Kier molecular flexibility index (Phi) is 6.68. The summed E-state index contributed by atoms with van der Waals surface area (Å²) >= 11 is 1.35. The van der Waals surface area contributed by atoms with E-state index in [0.29, 0.717) is 13.2 Å². The summed E-state index contributed by atoms with van der Waals surface area (Å²) in [5.74, 6) is -1.19. The van der Waals surface area contributed by atoms with Gasteiger partial charge in [-0.25, -0.2) is 9.67 Å². The van der Waals surface area contributed by atoms with E-state index in [1.165, 1.54) is 30.6 Å². The molecule has 1 aliphatic rings. The Morgan fingerprint density at radius 3 is 2.64 bits per heavy atom. The molecule has 2 aromatic heterocycles. The van der Waals surface area contributed by atoms with Crippen LogP contribution in [0.2, 0.25) is 0 Å². The Hall–Kier alpha value is -2.83. The van der Waals surface area contributed by atoms with Crippen LogP contribution in [0.5, 0.6) is 0 Å². The lowest BCUT2D eigenvalue weighted by Gasteiger charge is -2.25. The molecule has 2 N–H and O–H groups in total. The highest BCUT2D eigenvalue weighted by atomic mass is 32.1. The van der Waals surface area contributed by atoms with Gasteiger partial charge in [0.05, 0.1) is 26.4 Å². The summed E-state index contributed by atoms with van der Waals surface area (Å²) in [6.07, 6.45) is 0. The predicted octanol–water partition coefficient (Wildman–Crippen LogP) is -0.742. The minimum Gasteiger partial charge on any atom is -0.383 e. The third kappa shape index (κ3) is 4.91. The smallest absolute Gasteiger partial charge is 0.290 e. The molecule has 0 bridgehead atoms. The number of anilines is 1. The van der Waals surface area contributed by atoms with Crippen LogP contribution >= 0.6 is 11.3 Å². The summed E-state index contributed by atoms with van der Waals surface area (Å²) in [5.41, 5.74) is 4.41. The van der Waals surface area contributed by atoms with Gasteiger partial charge in [0.15, 0.2) is 10.8 Å². The number of carbonyl (C=O) groups is 2. The standard InChI is InChI=1S/C16H20N6O5S/c1-26-7-6-22-13(23)3-2-11(20-22)14(24)18-19-15(25)12-10-28-16(17-12)21-4-8-27-9-5-21/h2-3,10H,4-9H2,1H3,(H,18,24)(H,19,25). The van der Waals surface area contributed by atoms with Gasteiger partial charge in [0, 0.05) is 31.6 Å². The maximum absolute atomic E-state index is 12.2. The lowest BCUT2D eigenvalue weighted by molar-refractivity contribution is 0.0839. The molecule has 1 saturated heterocycles. The number of aromatic nitrogens is 3. The zero-order chi connectivity index (χ0) is 19.9. The molecule has 1 fully saturated rings. The van der Waals surface area contributed by atoms with E-state index in [0.717, 1.165) is 22.9 Å². The summed E-state index contributed by atoms with van der Waals surface area (Å²) in [7, 11) is 1.50. The van der Waals surface area contributed by atoms with Crippen molar-refractivity contribution in [3.8, 4) is 0 Å². The average molecular weight is 408 g/mol. The van der Waals surface area contributed by atoms with Gasteiger partial charge in [-0.2, -0.15) is 5.10 Å². The third-order valence-electron chi connectivity index (χ3n) is 3.90. The van der Waals surface area contributed by atoms with Gasteiger partial charge in [-0.3, -0.25) is 25.2 Å². The van der Waals surface area contributed by atoms with Crippen LogP contribution in [0.4, 0.5) is 5.13 Å². The molecular formula is C16H20N6O5S. The number of nitrogens with zero attached hydrogens (tertiary/aromatic N) is 4. The molecule has 2 aromatic rings. The summed E-state index contributed by atoms with van der Waals surface area (Å²) in [5, 5.41) is 6.30. The van der Waals surface area contributed by atoms with Gasteiger partial charge in [-0.1, -0.05) is 0 Å². The topological polar surface area (TPSA) is 128 Å². The maximum Gasteiger partial charge on any atom is 0.290 e. The van der Waals surface area contributed by atoms with Gasteiger partial charge in [0.25, 0.3) is 17.4 Å². The summed E-state index contributed by atoms with van der Waals surface area (Å²) in [6.45, 7) is 3.18. The van der Waals surface area contributed by atoms with Gasteiger partial charge >= 0.3 is 0 Å². The number of nitrogens with one attached hydrogen (secondary N) is 2. The number of hydrogen-bond acceptors (Lipinski definition) is 9. The van der Waals surface area contributed by atoms with Crippen LogP contribution in [0.1, 0.15) is 21.0 Å². The molecule has 11 nitrogen and oxygen atoms in total. The normalized spacial score (nSPS) is 14.0. The fourth-order valence-corrected chi connectivity index (χ4v) is 3.28. The third-order valence-corrected chi connectivity index (χ3v) is 4.80. The Morgan fingerprint density at radius 1 is 1.21 bits per heavy atom. The van der Waals surface area contributed by atoms with E-state index in [1.54, 1.807) is 5.38 Å². The molecule has 12 heteroatoms. The second kappa shape index (κ2) is 9.39. The van der Waals surface area contributed by atoms with Crippen molar-refractivity contribution in [2.45, 2.75) is 6.54 Å². The first kappa shape index (κ1) is 19.9. The minimum absolute atomic E-state index is 0.0108. The first-order valence-corrected chi connectivity index (χ1v) is 9.42. The zero-order valence-electron chi connectivity index (χ0n) is 15.2. The number of ether oxygens (including phenoxy) is 2. The van der Waals surface area contributed by atoms with Gasteiger partial charge in [0.2, 0.25) is 0 Å². The summed E-state index contributed by atoms with van der Waals surface area (Å²) < 4.78 is 11.3. The molecule has 3 heterocycles. The number of amides is 2. The lowest BCUT2D eigenvalue weighted by Crippen LogP contribution is -2.43. The van der Waals surface area contributed by atoms with E-state index in [-0.39, 0.29) is 30.1 Å². The molecule has 150 valence electrons. The molecule has 0 aliphatic carbocycles. The highest BCUT2D eigenvalue weighted by molar-refractivity contribution is 7.13. The van der Waals surface area contributed by atoms with Crippen molar-refractivity contribution in [1.82, 2.24) is 25.6 Å². The predicted molar refractivity (Wildman–Crippen MR) is 100 cm³/mol. The fraction of sp³-hybridized carbons (Fsp3) is 0.438. The quantitative estimate of drug-likeness (QED) is 0.598. The molecule has 3 rings (SSSR count). The fourth-order valence-electron chi connectivity index (χ4n) is 2.42. The first-order chi connectivity index (χ1) is 13.6. The average Bonchev–Trinajstić information content (AvgIpc) is 3.22. The van der Waals surface area contributed by atoms with E-state index < -0.39 is 11.8 Å². The van der Waals surface area contributed by atoms with Crippen LogP contribution in [0.3, 0.4) is 0 Å². The van der Waals surface area contributed by atoms with Gasteiger partial charge in [-0.15, -0.1) is 11.3 Å². The second-order valence-corrected chi connectivity index (χ2v) is 6.63. The second-order valence-electron chi connectivity index (χ2n) is 5.80. The first-order valence-electron chi connectivity index (χ1n) is 8.54. The number of morpholine rings is 1. The highest BCUT2D eigenvalue weighted by Crippen LogP contribution is 2.21. The Bertz CT molecular complexity index is 892. The molecule has 0 saturated carbocycles. The number of rotatable bonds is 6. The van der Waals surface area contributed by atoms with Crippen molar-refractivity contribution in [3.05, 3.63) is 39.3 Å². The number of thiazole rings is 1. The van der Waals surface area contributed by atoms with Crippen molar-refractivity contribution in [3.63, 3.8) is 0 Å². The number of carbonyl (C=O) groups excluding carboxylic acids is 2. The van der Waals surface area contributed by atoms with E-state index >= 15 is 0 Å². The number of hydrazine groups is 1.